The molecule has 1 aliphatic carbocycles. The highest BCUT2D eigenvalue weighted by Crippen LogP contribution is 2.43. The predicted octanol–water partition coefficient (Wildman–Crippen LogP) is 0.00770. The first-order valence-electron chi connectivity index (χ1n) is 7.51. The maximum absolute atomic E-state index is 11.9. The Morgan fingerprint density at radius 2 is 2.30 bits per heavy atom. The number of pyridine rings is 1. The topological polar surface area (TPSA) is 82.0 Å². The highest BCUT2D eigenvalue weighted by molar-refractivity contribution is 5.76. The molecule has 1 aromatic heterocycles. The summed E-state index contributed by atoms with van der Waals surface area (Å²) in [5.74, 6) is -0.0302. The van der Waals surface area contributed by atoms with E-state index in [1.165, 1.54) is 24.0 Å². The predicted molar refractivity (Wildman–Crippen MR) is 82.3 cm³/mol. The number of aldehydes is 1. The molecule has 2 aliphatic rings. The molecule has 1 N–H and O–H groups in total. The van der Waals surface area contributed by atoms with E-state index in [1.807, 2.05) is 7.05 Å². The fraction of sp³-hybridized carbons (Fsp3) is 0.600. The van der Waals surface area contributed by atoms with Gasteiger partial charge in [0.05, 0.1) is 13.2 Å². The Morgan fingerprint density at radius 1 is 1.52 bits per heavy atom. The molecule has 1 saturated heterocycles. The van der Waals surface area contributed by atoms with E-state index in [-0.39, 0.29) is 35.4 Å². The van der Waals surface area contributed by atoms with E-state index in [4.69, 9.17) is 14.2 Å². The van der Waals surface area contributed by atoms with Gasteiger partial charge < -0.3 is 19.6 Å². The Balaban J connectivity index is 1.84. The standard InChI is InChI=1S/C15H21N3O5/c1-17-13(8-22-9-15(17)4-5-15)16-18-6-3-12(20)14(11(18)7-19)23-10-21-2/h3,6-7,13,16H,4-5,8-10H2,1-2H3. The number of nitrogens with zero attached hydrogens (tertiary/aromatic N) is 2. The largest absolute Gasteiger partial charge is 0.461 e. The summed E-state index contributed by atoms with van der Waals surface area (Å²) in [6.07, 6.45) is 4.23. The van der Waals surface area contributed by atoms with Crippen molar-refractivity contribution in [1.82, 2.24) is 9.58 Å². The number of likely N-dealkylation sites (N-methyl/N-ethyl adjacent to an activating group) is 1. The molecule has 1 aliphatic heterocycles. The van der Waals surface area contributed by atoms with Crippen LogP contribution in [0.15, 0.2) is 17.1 Å². The molecule has 0 bridgehead atoms. The number of carbonyl (C=O) groups excluding carboxylic acids is 1. The lowest BCUT2D eigenvalue weighted by molar-refractivity contribution is -0.0424. The van der Waals surface area contributed by atoms with Crippen LogP contribution in [0.25, 0.3) is 0 Å². The van der Waals surface area contributed by atoms with Gasteiger partial charge in [0.1, 0.15) is 11.9 Å². The quantitative estimate of drug-likeness (QED) is 0.583. The van der Waals surface area contributed by atoms with Gasteiger partial charge in [0.2, 0.25) is 5.43 Å². The van der Waals surface area contributed by atoms with Crippen molar-refractivity contribution in [3.8, 4) is 5.75 Å². The van der Waals surface area contributed by atoms with Gasteiger partial charge in [0, 0.05) is 24.9 Å². The molecule has 3 rings (SSSR count). The molecule has 0 amide bonds. The van der Waals surface area contributed by atoms with Crippen molar-refractivity contribution in [1.29, 1.82) is 0 Å². The molecule has 1 atom stereocenters. The molecule has 1 saturated carbocycles. The molecule has 126 valence electrons. The van der Waals surface area contributed by atoms with Crippen LogP contribution in [0.1, 0.15) is 23.3 Å². The monoisotopic (exact) mass is 323 g/mol. The lowest BCUT2D eigenvalue weighted by Gasteiger charge is -2.41. The summed E-state index contributed by atoms with van der Waals surface area (Å²) >= 11 is 0. The molecule has 0 radical (unpaired) electrons. The van der Waals surface area contributed by atoms with Crippen molar-refractivity contribution < 1.29 is 19.0 Å². The first-order valence-corrected chi connectivity index (χ1v) is 7.51. The van der Waals surface area contributed by atoms with Crippen molar-refractivity contribution in [2.24, 2.45) is 0 Å². The van der Waals surface area contributed by atoms with Crippen molar-refractivity contribution in [3.05, 3.63) is 28.2 Å². The third kappa shape index (κ3) is 2.97. The Hall–Kier alpha value is -1.90. The Morgan fingerprint density at radius 3 is 2.96 bits per heavy atom. The van der Waals surface area contributed by atoms with Gasteiger partial charge in [-0.15, -0.1) is 0 Å². The lowest BCUT2D eigenvalue weighted by atomic mass is 10.2. The van der Waals surface area contributed by atoms with Gasteiger partial charge in [0.25, 0.3) is 0 Å². The van der Waals surface area contributed by atoms with Crippen molar-refractivity contribution in [2.45, 2.75) is 24.5 Å². The molecule has 8 nitrogen and oxygen atoms in total. The first-order chi connectivity index (χ1) is 11.1. The minimum Gasteiger partial charge on any atom is -0.461 e. The third-order valence-electron chi connectivity index (χ3n) is 4.50. The second-order valence-electron chi connectivity index (χ2n) is 5.93. The normalized spacial score (nSPS) is 22.8. The summed E-state index contributed by atoms with van der Waals surface area (Å²) in [6, 6.07) is 1.35. The molecule has 2 heterocycles. The van der Waals surface area contributed by atoms with Crippen LogP contribution in [0.5, 0.6) is 5.75 Å². The Kier molecular flexibility index (Phi) is 4.38. The van der Waals surface area contributed by atoms with Crippen LogP contribution >= 0.6 is 0 Å². The SMILES string of the molecule is COCOc1c(C=O)n(NC2COCC3(CC3)N2C)ccc1=O. The smallest absolute Gasteiger partial charge is 0.224 e. The van der Waals surface area contributed by atoms with Gasteiger partial charge in [-0.1, -0.05) is 0 Å². The maximum Gasteiger partial charge on any atom is 0.224 e. The third-order valence-corrected chi connectivity index (χ3v) is 4.50. The van der Waals surface area contributed by atoms with Gasteiger partial charge in [-0.2, -0.15) is 0 Å². The zero-order chi connectivity index (χ0) is 16.4. The number of hydrogen-bond donors (Lipinski definition) is 1. The number of ether oxygens (including phenoxy) is 3. The number of morpholine rings is 1. The van der Waals surface area contributed by atoms with Gasteiger partial charge in [-0.25, -0.2) is 0 Å². The maximum atomic E-state index is 11.9. The van der Waals surface area contributed by atoms with Crippen LogP contribution in [-0.2, 0) is 9.47 Å². The van der Waals surface area contributed by atoms with Gasteiger partial charge in [0.15, 0.2) is 18.8 Å². The summed E-state index contributed by atoms with van der Waals surface area (Å²) in [4.78, 5) is 25.6. The first kappa shape index (κ1) is 16.0. The molecule has 1 spiro atoms. The molecule has 8 heteroatoms. The summed E-state index contributed by atoms with van der Waals surface area (Å²) in [5.41, 5.74) is 3.08. The van der Waals surface area contributed by atoms with Crippen LogP contribution in [0.4, 0.5) is 0 Å². The van der Waals surface area contributed by atoms with Crippen LogP contribution in [0.2, 0.25) is 0 Å². The number of carbonyl (C=O) groups is 1. The van der Waals surface area contributed by atoms with E-state index >= 15 is 0 Å². The number of rotatable bonds is 6. The summed E-state index contributed by atoms with van der Waals surface area (Å²) in [5, 5.41) is 0. The van der Waals surface area contributed by atoms with Crippen molar-refractivity contribution >= 4 is 6.29 Å². The fourth-order valence-electron chi connectivity index (χ4n) is 2.85. The number of methoxy groups -OCH3 is 1. The second kappa shape index (κ2) is 6.31. The van der Waals surface area contributed by atoms with Crippen molar-refractivity contribution in [2.75, 3.05) is 39.6 Å². The van der Waals surface area contributed by atoms with Gasteiger partial charge in [-0.05, 0) is 19.9 Å². The van der Waals surface area contributed by atoms with Crippen molar-refractivity contribution in [3.63, 3.8) is 0 Å². The average molecular weight is 323 g/mol. The van der Waals surface area contributed by atoms with Crippen LogP contribution in [0.3, 0.4) is 0 Å². The highest BCUT2D eigenvalue weighted by Gasteiger charge is 2.51. The van der Waals surface area contributed by atoms with Crippen LogP contribution in [0, 0.1) is 0 Å². The molecule has 23 heavy (non-hydrogen) atoms. The van der Waals surface area contributed by atoms with Crippen LogP contribution in [-0.4, -0.2) is 61.7 Å². The molecule has 2 fully saturated rings. The summed E-state index contributed by atoms with van der Waals surface area (Å²) in [6.45, 7) is 1.13. The van der Waals surface area contributed by atoms with E-state index in [2.05, 4.69) is 10.3 Å². The number of hydrogen-bond acceptors (Lipinski definition) is 7. The molecule has 0 aromatic carbocycles. The summed E-state index contributed by atoms with van der Waals surface area (Å²) in [7, 11) is 3.49. The number of nitrogens with one attached hydrogen (secondary N) is 1. The van der Waals surface area contributed by atoms with Crippen LogP contribution < -0.4 is 15.6 Å². The molecular weight excluding hydrogens is 302 g/mol. The Labute approximate surface area is 133 Å². The van der Waals surface area contributed by atoms with E-state index in [0.29, 0.717) is 12.9 Å². The van der Waals surface area contributed by atoms with E-state index in [1.54, 1.807) is 0 Å². The molecule has 1 unspecified atom stereocenters. The average Bonchev–Trinajstić information content (AvgIpc) is 3.32. The number of aromatic nitrogens is 1. The second-order valence-corrected chi connectivity index (χ2v) is 5.93. The summed E-state index contributed by atoms with van der Waals surface area (Å²) < 4.78 is 17.2. The Bertz CT molecular complexity index is 640. The zero-order valence-electron chi connectivity index (χ0n) is 13.3. The van der Waals surface area contributed by atoms with E-state index < -0.39 is 0 Å². The molecular formula is C15H21N3O5. The lowest BCUT2D eigenvalue weighted by Crippen LogP contribution is -2.57. The zero-order valence-corrected chi connectivity index (χ0v) is 13.3. The molecule has 1 aromatic rings. The van der Waals surface area contributed by atoms with Gasteiger partial charge >= 0.3 is 0 Å². The highest BCUT2D eigenvalue weighted by atomic mass is 16.7. The van der Waals surface area contributed by atoms with Gasteiger partial charge in [-0.3, -0.25) is 19.2 Å². The fourth-order valence-corrected chi connectivity index (χ4v) is 2.85. The van der Waals surface area contributed by atoms with E-state index in [0.717, 1.165) is 19.4 Å². The minimum absolute atomic E-state index is 0.0302. The minimum atomic E-state index is -0.367. The van der Waals surface area contributed by atoms with E-state index in [9.17, 15) is 9.59 Å².